The lowest BCUT2D eigenvalue weighted by Crippen LogP contribution is -2.23. The molecule has 0 aromatic heterocycles. The molecule has 0 fully saturated rings. The molecule has 0 saturated carbocycles. The van der Waals surface area contributed by atoms with Crippen LogP contribution in [-0.2, 0) is 17.8 Å². The molecular weight excluding hydrogens is 318 g/mol. The molecule has 2 N–H and O–H groups in total. The molecule has 132 valence electrons. The number of nitrogens with one attached hydrogen (secondary N) is 1. The van der Waals surface area contributed by atoms with E-state index < -0.39 is 5.97 Å². The van der Waals surface area contributed by atoms with Crippen molar-refractivity contribution in [3.05, 3.63) is 65.2 Å². The largest absolute Gasteiger partial charge is 0.491 e. The zero-order valence-corrected chi connectivity index (χ0v) is 14.5. The Hall–Kier alpha value is -2.82. The van der Waals surface area contributed by atoms with Crippen LogP contribution in [0.4, 0.5) is 0 Å². The quantitative estimate of drug-likeness (QED) is 0.771. The van der Waals surface area contributed by atoms with Gasteiger partial charge in [-0.3, -0.25) is 4.79 Å². The molecule has 2 aromatic carbocycles. The monoisotopic (exact) mass is 341 g/mol. The molecule has 1 amide bonds. The predicted molar refractivity (Wildman–Crippen MR) is 95.8 cm³/mol. The van der Waals surface area contributed by atoms with E-state index in [4.69, 9.17) is 9.84 Å². The second kappa shape index (κ2) is 8.87. The SMILES string of the molecule is CC(C)Oc1ccc(CNC(=O)CCc2ccccc2C(=O)O)cc1. The summed E-state index contributed by atoms with van der Waals surface area (Å²) in [4.78, 5) is 23.2. The molecule has 0 heterocycles. The van der Waals surface area contributed by atoms with Gasteiger partial charge in [0, 0.05) is 13.0 Å². The van der Waals surface area contributed by atoms with Crippen LogP contribution in [0.5, 0.6) is 5.75 Å². The number of carbonyl (C=O) groups excluding carboxylic acids is 1. The summed E-state index contributed by atoms with van der Waals surface area (Å²) in [5.74, 6) is -0.280. The van der Waals surface area contributed by atoms with Crippen molar-refractivity contribution in [3.63, 3.8) is 0 Å². The maximum Gasteiger partial charge on any atom is 0.335 e. The molecule has 2 rings (SSSR count). The van der Waals surface area contributed by atoms with Crippen LogP contribution < -0.4 is 10.1 Å². The first kappa shape index (κ1) is 18.5. The van der Waals surface area contributed by atoms with E-state index in [9.17, 15) is 9.59 Å². The first-order valence-electron chi connectivity index (χ1n) is 8.29. The van der Waals surface area contributed by atoms with Crippen LogP contribution in [0.15, 0.2) is 48.5 Å². The Morgan fingerprint density at radius 2 is 1.76 bits per heavy atom. The van der Waals surface area contributed by atoms with Gasteiger partial charge in [0.05, 0.1) is 11.7 Å². The number of aromatic carboxylic acids is 1. The Kier molecular flexibility index (Phi) is 6.57. The van der Waals surface area contributed by atoms with Crippen LogP contribution in [0.25, 0.3) is 0 Å². The van der Waals surface area contributed by atoms with E-state index in [1.165, 1.54) is 0 Å². The lowest BCUT2D eigenvalue weighted by Gasteiger charge is -2.10. The van der Waals surface area contributed by atoms with Gasteiger partial charge >= 0.3 is 5.97 Å². The van der Waals surface area contributed by atoms with Gasteiger partial charge in [0.1, 0.15) is 5.75 Å². The predicted octanol–water partition coefficient (Wildman–Crippen LogP) is 3.42. The summed E-state index contributed by atoms with van der Waals surface area (Å²) in [6.45, 7) is 4.37. The molecule has 25 heavy (non-hydrogen) atoms. The van der Waals surface area contributed by atoms with Crippen molar-refractivity contribution >= 4 is 11.9 Å². The molecule has 0 aliphatic carbocycles. The average Bonchev–Trinajstić information content (AvgIpc) is 2.59. The zero-order chi connectivity index (χ0) is 18.2. The summed E-state index contributed by atoms with van der Waals surface area (Å²) in [6, 6.07) is 14.3. The van der Waals surface area contributed by atoms with Crippen LogP contribution in [-0.4, -0.2) is 23.1 Å². The van der Waals surface area contributed by atoms with Gasteiger partial charge in [0.2, 0.25) is 5.91 Å². The highest BCUT2D eigenvalue weighted by Crippen LogP contribution is 2.14. The molecule has 5 nitrogen and oxygen atoms in total. The number of hydrogen-bond acceptors (Lipinski definition) is 3. The maximum atomic E-state index is 12.0. The standard InChI is InChI=1S/C20H23NO4/c1-14(2)25-17-10-7-15(8-11-17)13-21-19(22)12-9-16-5-3-4-6-18(16)20(23)24/h3-8,10-11,14H,9,12-13H2,1-2H3,(H,21,22)(H,23,24). The Morgan fingerprint density at radius 1 is 1.08 bits per heavy atom. The molecule has 0 bridgehead atoms. The van der Waals surface area contributed by atoms with Gasteiger partial charge in [0.15, 0.2) is 0 Å². The molecule has 0 atom stereocenters. The van der Waals surface area contributed by atoms with Gasteiger partial charge in [-0.05, 0) is 49.6 Å². The third kappa shape index (κ3) is 5.95. The van der Waals surface area contributed by atoms with Crippen LogP contribution in [0.3, 0.4) is 0 Å². The van der Waals surface area contributed by atoms with E-state index in [-0.39, 0.29) is 24.0 Å². The van der Waals surface area contributed by atoms with Crippen LogP contribution in [0.2, 0.25) is 0 Å². The number of carbonyl (C=O) groups is 2. The fourth-order valence-corrected chi connectivity index (χ4v) is 2.44. The van der Waals surface area contributed by atoms with Crippen molar-refractivity contribution < 1.29 is 19.4 Å². The number of ether oxygens (including phenoxy) is 1. The second-order valence-electron chi connectivity index (χ2n) is 6.05. The minimum atomic E-state index is -0.972. The maximum absolute atomic E-state index is 12.0. The number of carboxylic acids is 1. The van der Waals surface area contributed by atoms with Crippen molar-refractivity contribution in [3.8, 4) is 5.75 Å². The Morgan fingerprint density at radius 3 is 2.40 bits per heavy atom. The number of rotatable bonds is 8. The Bertz CT molecular complexity index is 723. The first-order valence-corrected chi connectivity index (χ1v) is 8.29. The molecule has 0 unspecified atom stereocenters. The summed E-state index contributed by atoms with van der Waals surface area (Å²) in [6.07, 6.45) is 0.771. The number of amides is 1. The number of carboxylic acid groups (broad SMARTS) is 1. The average molecular weight is 341 g/mol. The summed E-state index contributed by atoms with van der Waals surface area (Å²) in [7, 11) is 0. The zero-order valence-electron chi connectivity index (χ0n) is 14.5. The van der Waals surface area contributed by atoms with Crippen LogP contribution >= 0.6 is 0 Å². The highest BCUT2D eigenvalue weighted by atomic mass is 16.5. The lowest BCUT2D eigenvalue weighted by atomic mass is 10.0. The van der Waals surface area contributed by atoms with Gasteiger partial charge in [-0.2, -0.15) is 0 Å². The Balaban J connectivity index is 1.82. The minimum Gasteiger partial charge on any atom is -0.491 e. The second-order valence-corrected chi connectivity index (χ2v) is 6.05. The number of hydrogen-bond donors (Lipinski definition) is 2. The third-order valence-electron chi connectivity index (χ3n) is 3.65. The summed E-state index contributed by atoms with van der Waals surface area (Å²) < 4.78 is 5.58. The van der Waals surface area contributed by atoms with Gasteiger partial charge in [-0.15, -0.1) is 0 Å². The van der Waals surface area contributed by atoms with E-state index >= 15 is 0 Å². The molecular formula is C20H23NO4. The molecule has 0 saturated heterocycles. The topological polar surface area (TPSA) is 75.6 Å². The fourth-order valence-electron chi connectivity index (χ4n) is 2.44. The van der Waals surface area contributed by atoms with Gasteiger partial charge in [0.25, 0.3) is 0 Å². The summed E-state index contributed by atoms with van der Waals surface area (Å²) >= 11 is 0. The van der Waals surface area contributed by atoms with E-state index in [0.717, 1.165) is 11.3 Å². The highest BCUT2D eigenvalue weighted by Gasteiger charge is 2.10. The van der Waals surface area contributed by atoms with Crippen molar-refractivity contribution in [2.75, 3.05) is 0 Å². The number of aryl methyl sites for hydroxylation is 1. The number of benzene rings is 2. The normalized spacial score (nSPS) is 10.5. The lowest BCUT2D eigenvalue weighted by molar-refractivity contribution is -0.121. The van der Waals surface area contributed by atoms with Crippen LogP contribution in [0, 0.1) is 0 Å². The van der Waals surface area contributed by atoms with Crippen LogP contribution in [0.1, 0.15) is 41.8 Å². The van der Waals surface area contributed by atoms with Crippen molar-refractivity contribution in [2.45, 2.75) is 39.3 Å². The van der Waals surface area contributed by atoms with Crippen molar-refractivity contribution in [2.24, 2.45) is 0 Å². The molecule has 5 heteroatoms. The van der Waals surface area contributed by atoms with E-state index in [0.29, 0.717) is 18.5 Å². The van der Waals surface area contributed by atoms with E-state index in [1.54, 1.807) is 24.3 Å². The van der Waals surface area contributed by atoms with E-state index in [1.807, 2.05) is 38.1 Å². The van der Waals surface area contributed by atoms with Gasteiger partial charge < -0.3 is 15.2 Å². The molecule has 0 aliphatic rings. The molecule has 0 aliphatic heterocycles. The van der Waals surface area contributed by atoms with Crippen molar-refractivity contribution in [1.82, 2.24) is 5.32 Å². The third-order valence-corrected chi connectivity index (χ3v) is 3.65. The fraction of sp³-hybridized carbons (Fsp3) is 0.300. The Labute approximate surface area is 147 Å². The minimum absolute atomic E-state index is 0.109. The molecule has 2 aromatic rings. The van der Waals surface area contributed by atoms with Gasteiger partial charge in [-0.1, -0.05) is 30.3 Å². The summed E-state index contributed by atoms with van der Waals surface area (Å²) in [5.41, 5.74) is 1.90. The first-order chi connectivity index (χ1) is 12.0. The molecule has 0 radical (unpaired) electrons. The molecule has 0 spiro atoms. The highest BCUT2D eigenvalue weighted by molar-refractivity contribution is 5.89. The van der Waals surface area contributed by atoms with Crippen molar-refractivity contribution in [1.29, 1.82) is 0 Å². The van der Waals surface area contributed by atoms with Gasteiger partial charge in [-0.25, -0.2) is 4.79 Å². The summed E-state index contributed by atoms with van der Waals surface area (Å²) in [5, 5.41) is 12.0. The smallest absolute Gasteiger partial charge is 0.335 e. The van der Waals surface area contributed by atoms with E-state index in [2.05, 4.69) is 5.32 Å².